The molecule has 2 aromatic rings. The zero-order valence-electron chi connectivity index (χ0n) is 27.0. The second kappa shape index (κ2) is 14.7. The van der Waals surface area contributed by atoms with E-state index >= 15 is 0 Å². The molecule has 2 saturated heterocycles. The minimum atomic E-state index is -1.03. The number of alkyl halides is 2. The van der Waals surface area contributed by atoms with E-state index in [1.165, 1.54) is 24.0 Å². The Hall–Kier alpha value is -4.22. The molecule has 6 rings (SSSR count). The van der Waals surface area contributed by atoms with Crippen LogP contribution in [0.2, 0.25) is 0 Å². The number of nitrogens with zero attached hydrogens (tertiary/aromatic N) is 4. The molecule has 0 radical (unpaired) electrons. The number of halogens is 2. The molecule has 47 heavy (non-hydrogen) atoms. The van der Waals surface area contributed by atoms with Crippen molar-refractivity contribution in [3.63, 3.8) is 0 Å². The lowest BCUT2D eigenvalue weighted by atomic mass is 10.1. The van der Waals surface area contributed by atoms with Crippen LogP contribution in [-0.4, -0.2) is 99.0 Å². The summed E-state index contributed by atoms with van der Waals surface area (Å²) < 4.78 is 50.8. The summed E-state index contributed by atoms with van der Waals surface area (Å²) in [5, 5.41) is 0. The number of fused-ring (bicyclic) bond motifs is 4. The van der Waals surface area contributed by atoms with Crippen molar-refractivity contribution in [2.24, 2.45) is 9.98 Å². The van der Waals surface area contributed by atoms with Crippen molar-refractivity contribution in [1.82, 2.24) is 9.80 Å². The molecule has 10 nitrogen and oxygen atoms in total. The Balaban J connectivity index is 0.892. The predicted octanol–water partition coefficient (Wildman–Crippen LogP) is 6.43. The second-order valence-electron chi connectivity index (χ2n) is 12.5. The monoisotopic (exact) mass is 652 g/mol. The number of amides is 2. The van der Waals surface area contributed by atoms with E-state index in [9.17, 15) is 18.4 Å². The van der Waals surface area contributed by atoms with Gasteiger partial charge >= 0.3 is 0 Å². The maximum Gasteiger partial charge on any atom is 0.256 e. The van der Waals surface area contributed by atoms with Crippen LogP contribution in [0.25, 0.3) is 0 Å². The fourth-order valence-electron chi connectivity index (χ4n) is 6.67. The van der Waals surface area contributed by atoms with Crippen LogP contribution >= 0.6 is 0 Å². The van der Waals surface area contributed by atoms with Crippen molar-refractivity contribution < 1.29 is 37.3 Å². The number of benzene rings is 2. The van der Waals surface area contributed by atoms with E-state index in [1.807, 2.05) is 0 Å². The Bertz CT molecular complexity index is 1420. The summed E-state index contributed by atoms with van der Waals surface area (Å²) in [5.41, 5.74) is 1.83. The third-order valence-electron chi connectivity index (χ3n) is 9.21. The van der Waals surface area contributed by atoms with E-state index in [1.54, 1.807) is 36.7 Å². The van der Waals surface area contributed by atoms with Crippen LogP contribution < -0.4 is 18.9 Å². The molecule has 0 aliphatic carbocycles. The third kappa shape index (κ3) is 7.21. The van der Waals surface area contributed by atoms with Crippen LogP contribution in [0.4, 0.5) is 20.2 Å². The molecule has 4 heterocycles. The van der Waals surface area contributed by atoms with Gasteiger partial charge < -0.3 is 28.7 Å². The molecule has 4 aliphatic heterocycles. The van der Waals surface area contributed by atoms with E-state index in [0.29, 0.717) is 58.7 Å². The molecule has 0 N–H and O–H groups in total. The Kier molecular flexibility index (Phi) is 10.2. The third-order valence-corrected chi connectivity index (χ3v) is 9.21. The van der Waals surface area contributed by atoms with E-state index in [2.05, 4.69) is 9.98 Å². The van der Waals surface area contributed by atoms with Crippen LogP contribution in [0.15, 0.2) is 34.3 Å². The molecule has 2 aromatic carbocycles. The van der Waals surface area contributed by atoms with Gasteiger partial charge in [0.05, 0.1) is 75.1 Å². The number of rotatable bonds is 14. The van der Waals surface area contributed by atoms with Crippen molar-refractivity contribution in [2.45, 2.75) is 82.2 Å². The average Bonchev–Trinajstić information content (AvgIpc) is 3.58. The molecule has 4 atom stereocenters. The lowest BCUT2D eigenvalue weighted by Gasteiger charge is -2.20. The van der Waals surface area contributed by atoms with Crippen LogP contribution in [0.1, 0.15) is 78.5 Å². The molecule has 0 unspecified atom stereocenters. The summed E-state index contributed by atoms with van der Waals surface area (Å²) >= 11 is 0. The minimum Gasteiger partial charge on any atom is -0.493 e. The quantitative estimate of drug-likeness (QED) is 0.218. The Morgan fingerprint density at radius 1 is 0.638 bits per heavy atom. The number of methoxy groups -OCH3 is 2. The highest BCUT2D eigenvalue weighted by molar-refractivity contribution is 6.04. The normalized spacial score (nSPS) is 22.7. The van der Waals surface area contributed by atoms with Gasteiger partial charge in [0.25, 0.3) is 11.8 Å². The summed E-state index contributed by atoms with van der Waals surface area (Å²) in [7, 11) is 3.07. The first-order chi connectivity index (χ1) is 22.9. The van der Waals surface area contributed by atoms with Crippen molar-refractivity contribution in [1.29, 1.82) is 0 Å². The molecule has 252 valence electrons. The van der Waals surface area contributed by atoms with Gasteiger partial charge in [-0.1, -0.05) is 32.1 Å². The summed E-state index contributed by atoms with van der Waals surface area (Å²) in [4.78, 5) is 38.1. The largest absolute Gasteiger partial charge is 0.493 e. The van der Waals surface area contributed by atoms with Gasteiger partial charge in [-0.15, -0.1) is 0 Å². The summed E-state index contributed by atoms with van der Waals surface area (Å²) in [6.07, 6.45) is 8.88. The van der Waals surface area contributed by atoms with Gasteiger partial charge in [-0.2, -0.15) is 0 Å². The van der Waals surface area contributed by atoms with Gasteiger partial charge in [0, 0.05) is 37.4 Å². The number of ether oxygens (including phenoxy) is 4. The van der Waals surface area contributed by atoms with Crippen LogP contribution in [0, 0.1) is 0 Å². The highest BCUT2D eigenvalue weighted by Crippen LogP contribution is 2.40. The van der Waals surface area contributed by atoms with Crippen LogP contribution in [-0.2, 0) is 0 Å². The lowest BCUT2D eigenvalue weighted by Crippen LogP contribution is -2.35. The molecular weight excluding hydrogens is 610 g/mol. The molecule has 0 aromatic heterocycles. The van der Waals surface area contributed by atoms with Gasteiger partial charge in [0.1, 0.15) is 12.3 Å². The Morgan fingerprint density at radius 3 is 1.45 bits per heavy atom. The van der Waals surface area contributed by atoms with Crippen LogP contribution in [0.3, 0.4) is 0 Å². The molecule has 4 aliphatic rings. The van der Waals surface area contributed by atoms with Crippen molar-refractivity contribution in [3.8, 4) is 23.0 Å². The summed E-state index contributed by atoms with van der Waals surface area (Å²) in [5.74, 6) is 1.54. The molecule has 2 amide bonds. The topological polar surface area (TPSA) is 102 Å². The van der Waals surface area contributed by atoms with E-state index in [-0.39, 0.29) is 49.8 Å². The number of unbranched alkanes of at least 4 members (excludes halogenated alkanes) is 6. The molecule has 0 spiro atoms. The standard InChI is InChI=1S/C35H42F2N4O6/c1-44-30-14-26-28(38-18-24-12-22(36)20-40(24)34(26)42)16-32(30)46-10-8-6-4-3-5-7-9-11-47-33-17-29-27(15-31(33)45-2)35(43)41-21-23(37)13-25(41)19-39-29/h14-19,22-25H,3-13,20-21H2,1-2H3/t22-,23-,24-,25-/m0/s1. The van der Waals surface area contributed by atoms with Gasteiger partial charge in [0.15, 0.2) is 23.0 Å². The minimum absolute atomic E-state index is 0.0817. The predicted molar refractivity (Wildman–Crippen MR) is 174 cm³/mol. The van der Waals surface area contributed by atoms with Crippen LogP contribution in [0.5, 0.6) is 23.0 Å². The molecule has 12 heteroatoms. The van der Waals surface area contributed by atoms with Gasteiger partial charge in [-0.3, -0.25) is 19.6 Å². The lowest BCUT2D eigenvalue weighted by molar-refractivity contribution is 0.0758. The molecular formula is C35H42F2N4O6. The SMILES string of the molecule is COc1cc2c(cc1OCCCCCCCCCOc1cc3c(cc1OC)C(=O)N1C[C@@H](F)C[C@H]1C=N3)N=C[C@@H]1C[C@H](F)CN1C2=O. The number of carbonyl (C=O) groups is 2. The zero-order valence-corrected chi connectivity index (χ0v) is 27.0. The smallest absolute Gasteiger partial charge is 0.256 e. The summed E-state index contributed by atoms with van der Waals surface area (Å²) in [6, 6.07) is 6.10. The van der Waals surface area contributed by atoms with E-state index < -0.39 is 12.3 Å². The summed E-state index contributed by atoms with van der Waals surface area (Å²) in [6.45, 7) is 1.20. The number of aliphatic imine (C=N–C) groups is 2. The average molecular weight is 653 g/mol. The van der Waals surface area contributed by atoms with Gasteiger partial charge in [-0.05, 0) is 25.0 Å². The Labute approximate surface area is 273 Å². The molecule has 2 fully saturated rings. The highest BCUT2D eigenvalue weighted by Gasteiger charge is 2.39. The first-order valence-corrected chi connectivity index (χ1v) is 16.5. The number of hydrogen-bond acceptors (Lipinski definition) is 8. The fourth-order valence-corrected chi connectivity index (χ4v) is 6.67. The maximum absolute atomic E-state index is 13.9. The van der Waals surface area contributed by atoms with Crippen molar-refractivity contribution in [3.05, 3.63) is 35.4 Å². The van der Waals surface area contributed by atoms with E-state index in [0.717, 1.165) is 44.9 Å². The second-order valence-corrected chi connectivity index (χ2v) is 12.5. The van der Waals surface area contributed by atoms with Crippen molar-refractivity contribution >= 4 is 35.6 Å². The van der Waals surface area contributed by atoms with Gasteiger partial charge in [-0.25, -0.2) is 8.78 Å². The zero-order chi connectivity index (χ0) is 32.9. The number of carbonyl (C=O) groups excluding carboxylic acids is 2. The van der Waals surface area contributed by atoms with E-state index in [4.69, 9.17) is 18.9 Å². The fraction of sp³-hybridized carbons (Fsp3) is 0.543. The first-order valence-electron chi connectivity index (χ1n) is 16.5. The first kappa shape index (κ1) is 32.7. The Morgan fingerprint density at radius 2 is 1.04 bits per heavy atom. The number of hydrogen-bond donors (Lipinski definition) is 0. The highest BCUT2D eigenvalue weighted by atomic mass is 19.1. The van der Waals surface area contributed by atoms with Crippen molar-refractivity contribution in [2.75, 3.05) is 40.5 Å². The maximum atomic E-state index is 13.9. The molecule has 0 saturated carbocycles. The molecule has 0 bridgehead atoms. The van der Waals surface area contributed by atoms with Gasteiger partial charge in [0.2, 0.25) is 0 Å².